The summed E-state index contributed by atoms with van der Waals surface area (Å²) in [6, 6.07) is 0. The molecule has 1 N–H and O–H groups in total. The molecule has 0 bridgehead atoms. The molecule has 0 aromatic rings. The summed E-state index contributed by atoms with van der Waals surface area (Å²) in [6.45, 7) is 3.92. The Morgan fingerprint density at radius 3 is 0.750 bits per heavy atom. The third-order valence-corrected chi connectivity index (χ3v) is 13.8. The fourth-order valence-corrected chi connectivity index (χ4v) is 8.95. The monoisotopic (exact) mass is 1100 g/mol. The molecule has 1 unspecified atom stereocenters. The standard InChI is InChI=1S/C75H122O5/c1-3-5-7-9-11-13-15-17-19-21-23-25-27-29-31-32-33-34-35-36-37-38-39-40-41-42-44-46-48-50-52-54-56-58-60-62-64-66-68-70-75(78)80-73(71-76)72-79-74(77)69-67-65-63-61-59-57-55-53-51-49-47-45-43-30-28-26-24-22-20-18-16-14-12-10-8-6-4-2/h5-8,11-14,17-20,23-26,29,31,33-34,36-37,39-40,42,44,73,76H,3-4,9-10,15-16,21-22,27-28,30,32,35,38,41,43,45-72H2,1-2H3/b7-5-,8-6-,13-11-,14-12-,19-17-,20-18-,25-23-,26-24-,31-29-,34-33-,37-36-,40-39-,44-42-. The highest BCUT2D eigenvalue weighted by Crippen LogP contribution is 2.16. The average Bonchev–Trinajstić information content (AvgIpc) is 3.46. The summed E-state index contributed by atoms with van der Waals surface area (Å²) >= 11 is 0. The molecule has 0 aromatic heterocycles. The molecule has 0 radical (unpaired) electrons. The molecular formula is C75H122O5. The molecule has 452 valence electrons. The average molecular weight is 1100 g/mol. The minimum atomic E-state index is -0.785. The Hall–Kier alpha value is -4.48. The van der Waals surface area contributed by atoms with Gasteiger partial charge in [-0.3, -0.25) is 9.59 Å². The molecular weight excluding hydrogens is 981 g/mol. The molecule has 5 heteroatoms. The first-order chi connectivity index (χ1) is 39.6. The van der Waals surface area contributed by atoms with E-state index in [1.54, 1.807) is 0 Å². The van der Waals surface area contributed by atoms with E-state index in [0.29, 0.717) is 12.8 Å². The van der Waals surface area contributed by atoms with Gasteiger partial charge in [0.1, 0.15) is 6.61 Å². The zero-order chi connectivity index (χ0) is 57.6. The third kappa shape index (κ3) is 66.0. The van der Waals surface area contributed by atoms with Crippen LogP contribution in [0.4, 0.5) is 0 Å². The molecule has 0 aliphatic carbocycles. The van der Waals surface area contributed by atoms with E-state index in [4.69, 9.17) is 9.47 Å². The first kappa shape index (κ1) is 75.5. The smallest absolute Gasteiger partial charge is 0.306 e. The topological polar surface area (TPSA) is 72.8 Å². The van der Waals surface area contributed by atoms with Crippen molar-refractivity contribution < 1.29 is 24.2 Å². The van der Waals surface area contributed by atoms with Gasteiger partial charge >= 0.3 is 11.9 Å². The maximum Gasteiger partial charge on any atom is 0.306 e. The van der Waals surface area contributed by atoms with Crippen LogP contribution < -0.4 is 0 Å². The quantitative estimate of drug-likeness (QED) is 0.0373. The van der Waals surface area contributed by atoms with Gasteiger partial charge in [0.05, 0.1) is 6.61 Å². The molecule has 80 heavy (non-hydrogen) atoms. The van der Waals surface area contributed by atoms with Crippen LogP contribution in [-0.2, 0) is 19.1 Å². The molecule has 0 saturated heterocycles. The lowest BCUT2D eigenvalue weighted by atomic mass is 10.0. The van der Waals surface area contributed by atoms with Crippen molar-refractivity contribution in [1.29, 1.82) is 0 Å². The first-order valence-electron chi connectivity index (χ1n) is 33.0. The SMILES string of the molecule is CC/C=C\C/C=C\C/C=C\C/C=C\C/C=C\C/C=C\C/C=C\C/C=C\C/C=C\CCCCCCCCCCCCCC(=O)OC(CO)COC(=O)CCCCCCCCCCCCCCCC/C=C\C/C=C\C/C=C\C/C=C\CC. The predicted octanol–water partition coefficient (Wildman–Crippen LogP) is 23.1. The second-order valence-electron chi connectivity index (χ2n) is 21.4. The van der Waals surface area contributed by atoms with Crippen molar-refractivity contribution in [2.24, 2.45) is 0 Å². The van der Waals surface area contributed by atoms with Crippen LogP contribution >= 0.6 is 0 Å². The fourth-order valence-electron chi connectivity index (χ4n) is 8.95. The van der Waals surface area contributed by atoms with Crippen LogP contribution in [0.25, 0.3) is 0 Å². The molecule has 5 nitrogen and oxygen atoms in total. The Balaban J connectivity index is 3.54. The largest absolute Gasteiger partial charge is 0.462 e. The Kier molecular flexibility index (Phi) is 64.9. The first-order valence-corrected chi connectivity index (χ1v) is 33.0. The Labute approximate surface area is 494 Å². The molecule has 0 aliphatic rings. The molecule has 1 atom stereocenters. The second-order valence-corrected chi connectivity index (χ2v) is 21.4. The van der Waals surface area contributed by atoms with Crippen LogP contribution in [0.2, 0.25) is 0 Å². The van der Waals surface area contributed by atoms with Crippen molar-refractivity contribution in [3.8, 4) is 0 Å². The van der Waals surface area contributed by atoms with Crippen LogP contribution in [0.15, 0.2) is 158 Å². The van der Waals surface area contributed by atoms with E-state index < -0.39 is 6.10 Å². The fraction of sp³-hybridized carbons (Fsp3) is 0.627. The number of esters is 2. The number of unbranched alkanes of at least 4 members (excludes halogenated alkanes) is 25. The zero-order valence-corrected chi connectivity index (χ0v) is 51.8. The lowest BCUT2D eigenvalue weighted by Crippen LogP contribution is -2.28. The number of aliphatic hydroxyl groups excluding tert-OH is 1. The van der Waals surface area contributed by atoms with Crippen molar-refractivity contribution in [1.82, 2.24) is 0 Å². The number of carbonyl (C=O) groups is 2. The number of hydrogen-bond acceptors (Lipinski definition) is 5. The highest BCUT2D eigenvalue weighted by molar-refractivity contribution is 5.70. The van der Waals surface area contributed by atoms with Gasteiger partial charge in [0, 0.05) is 12.8 Å². The van der Waals surface area contributed by atoms with Crippen LogP contribution in [0.5, 0.6) is 0 Å². The van der Waals surface area contributed by atoms with Gasteiger partial charge in [0.15, 0.2) is 6.10 Å². The summed E-state index contributed by atoms with van der Waals surface area (Å²) in [5, 5.41) is 9.69. The lowest BCUT2D eigenvalue weighted by Gasteiger charge is -2.15. The van der Waals surface area contributed by atoms with Gasteiger partial charge in [-0.15, -0.1) is 0 Å². The van der Waals surface area contributed by atoms with Crippen molar-refractivity contribution in [2.45, 2.75) is 290 Å². The van der Waals surface area contributed by atoms with Gasteiger partial charge in [-0.05, 0) is 122 Å². The summed E-state index contributed by atoms with van der Waals surface area (Å²) in [6.07, 6.45) is 105. The summed E-state index contributed by atoms with van der Waals surface area (Å²) in [4.78, 5) is 24.6. The predicted molar refractivity (Wildman–Crippen MR) is 352 cm³/mol. The normalized spacial score (nSPS) is 13.3. The zero-order valence-electron chi connectivity index (χ0n) is 51.8. The third-order valence-electron chi connectivity index (χ3n) is 13.8. The maximum atomic E-state index is 12.4. The van der Waals surface area contributed by atoms with Crippen molar-refractivity contribution in [3.63, 3.8) is 0 Å². The van der Waals surface area contributed by atoms with E-state index in [1.165, 1.54) is 135 Å². The van der Waals surface area contributed by atoms with Gasteiger partial charge in [-0.25, -0.2) is 0 Å². The number of aliphatic hydroxyl groups is 1. The number of allylic oxidation sites excluding steroid dienone is 26. The van der Waals surface area contributed by atoms with Crippen molar-refractivity contribution >= 4 is 11.9 Å². The van der Waals surface area contributed by atoms with Crippen LogP contribution in [-0.4, -0.2) is 36.4 Å². The van der Waals surface area contributed by atoms with Gasteiger partial charge in [-0.1, -0.05) is 307 Å². The van der Waals surface area contributed by atoms with E-state index in [2.05, 4.69) is 172 Å². The van der Waals surface area contributed by atoms with Crippen LogP contribution in [0, 0.1) is 0 Å². The molecule has 0 heterocycles. The van der Waals surface area contributed by atoms with Crippen molar-refractivity contribution in [2.75, 3.05) is 13.2 Å². The summed E-state index contributed by atoms with van der Waals surface area (Å²) < 4.78 is 10.7. The molecule has 0 spiro atoms. The molecule has 0 aliphatic heterocycles. The van der Waals surface area contributed by atoms with Crippen molar-refractivity contribution in [3.05, 3.63) is 158 Å². The number of rotatable bonds is 59. The van der Waals surface area contributed by atoms with E-state index in [9.17, 15) is 14.7 Å². The molecule has 0 saturated carbocycles. The van der Waals surface area contributed by atoms with Gasteiger partial charge < -0.3 is 14.6 Å². The highest BCUT2D eigenvalue weighted by Gasteiger charge is 2.16. The van der Waals surface area contributed by atoms with Gasteiger partial charge in [-0.2, -0.15) is 0 Å². The van der Waals surface area contributed by atoms with Crippen LogP contribution in [0.3, 0.4) is 0 Å². The number of ether oxygens (including phenoxy) is 2. The van der Waals surface area contributed by atoms with E-state index in [-0.39, 0.29) is 25.2 Å². The summed E-state index contributed by atoms with van der Waals surface area (Å²) in [7, 11) is 0. The van der Waals surface area contributed by atoms with E-state index >= 15 is 0 Å². The second kappa shape index (κ2) is 68.8. The Morgan fingerprint density at radius 2 is 0.500 bits per heavy atom. The minimum Gasteiger partial charge on any atom is -0.462 e. The van der Waals surface area contributed by atoms with Gasteiger partial charge in [0.2, 0.25) is 0 Å². The number of carbonyl (C=O) groups excluding carboxylic acids is 2. The molecule has 0 fully saturated rings. The maximum absolute atomic E-state index is 12.4. The van der Waals surface area contributed by atoms with Crippen LogP contribution in [0.1, 0.15) is 284 Å². The minimum absolute atomic E-state index is 0.0740. The lowest BCUT2D eigenvalue weighted by molar-refractivity contribution is -0.161. The van der Waals surface area contributed by atoms with Gasteiger partial charge in [0.25, 0.3) is 0 Å². The molecule has 0 amide bonds. The Morgan fingerprint density at radius 1 is 0.287 bits per heavy atom. The molecule has 0 rings (SSSR count). The van der Waals surface area contributed by atoms with E-state index in [1.807, 2.05) is 0 Å². The van der Waals surface area contributed by atoms with E-state index in [0.717, 1.165) is 122 Å². The highest BCUT2D eigenvalue weighted by atomic mass is 16.6. The Bertz CT molecular complexity index is 1730. The number of hydrogen-bond donors (Lipinski definition) is 1. The molecule has 0 aromatic carbocycles. The summed E-state index contributed by atoms with van der Waals surface area (Å²) in [5.74, 6) is -0.596. The summed E-state index contributed by atoms with van der Waals surface area (Å²) in [5.41, 5.74) is 0.